The number of unbranched alkanes of at least 4 members (excludes halogenated alkanes) is 6. The van der Waals surface area contributed by atoms with Crippen molar-refractivity contribution in [2.75, 3.05) is 0 Å². The van der Waals surface area contributed by atoms with Gasteiger partial charge in [0.1, 0.15) is 0 Å². The summed E-state index contributed by atoms with van der Waals surface area (Å²) >= 11 is 3.73. The van der Waals surface area contributed by atoms with Crippen molar-refractivity contribution in [1.82, 2.24) is 0 Å². The number of hydrogen-bond acceptors (Lipinski definition) is 2. The highest BCUT2D eigenvalue weighted by Gasteiger charge is 2.14. The lowest BCUT2D eigenvalue weighted by molar-refractivity contribution is 0.668. The molecular formula is C26H32S2. The van der Waals surface area contributed by atoms with E-state index < -0.39 is 0 Å². The Morgan fingerprint density at radius 3 is 1.50 bits per heavy atom. The van der Waals surface area contributed by atoms with Crippen LogP contribution in [0.25, 0.3) is 32.3 Å². The fourth-order valence-corrected chi connectivity index (χ4v) is 6.28. The average molecular weight is 409 g/mol. The highest BCUT2D eigenvalue weighted by atomic mass is 32.1. The minimum atomic E-state index is 1.22. The molecule has 0 N–H and O–H groups in total. The summed E-state index contributed by atoms with van der Waals surface area (Å²) in [5, 5.41) is 18.4. The molecule has 0 saturated carbocycles. The molecule has 0 aliphatic rings. The standard InChI is InChI=1S/C26H32S2/c1-3-5-7-9-11-19-13-21-14-20(12-10-8-6-4-2)23-16-28-18-25(23)26(21)24-17-27-15-22(19)24/h13-18H,3-12H2,1-2H3. The van der Waals surface area contributed by atoms with Gasteiger partial charge in [-0.1, -0.05) is 64.5 Å². The number of aryl methyl sites for hydroxylation is 2. The van der Waals surface area contributed by atoms with E-state index in [0.29, 0.717) is 0 Å². The molecule has 0 radical (unpaired) electrons. The molecule has 0 spiro atoms. The molecule has 0 aliphatic carbocycles. The first kappa shape index (κ1) is 19.9. The van der Waals surface area contributed by atoms with Crippen molar-refractivity contribution in [3.05, 3.63) is 44.8 Å². The Hall–Kier alpha value is -1.38. The van der Waals surface area contributed by atoms with Crippen LogP contribution in [0, 0.1) is 0 Å². The quantitative estimate of drug-likeness (QED) is 0.229. The number of rotatable bonds is 10. The zero-order valence-corrected chi connectivity index (χ0v) is 19.0. The first-order valence-corrected chi connectivity index (χ1v) is 13.0. The van der Waals surface area contributed by atoms with Gasteiger partial charge < -0.3 is 0 Å². The summed E-state index contributed by atoms with van der Waals surface area (Å²) in [4.78, 5) is 0. The van der Waals surface area contributed by atoms with Crippen LogP contribution in [0.5, 0.6) is 0 Å². The highest BCUT2D eigenvalue weighted by molar-refractivity contribution is 7.10. The summed E-state index contributed by atoms with van der Waals surface area (Å²) < 4.78 is 0. The largest absolute Gasteiger partial charge is 0.151 e. The Balaban J connectivity index is 1.76. The molecule has 0 fully saturated rings. The smallest absolute Gasteiger partial charge is 0.00112 e. The lowest BCUT2D eigenvalue weighted by Crippen LogP contribution is -1.92. The van der Waals surface area contributed by atoms with Crippen LogP contribution in [-0.2, 0) is 12.8 Å². The van der Waals surface area contributed by atoms with Crippen LogP contribution >= 0.6 is 22.7 Å². The van der Waals surface area contributed by atoms with Crippen LogP contribution in [0.1, 0.15) is 76.3 Å². The van der Waals surface area contributed by atoms with E-state index >= 15 is 0 Å². The van der Waals surface area contributed by atoms with Crippen LogP contribution in [0.3, 0.4) is 0 Å². The Bertz CT molecular complexity index is 969. The Morgan fingerprint density at radius 2 is 1.04 bits per heavy atom. The van der Waals surface area contributed by atoms with Crippen LogP contribution in [0.2, 0.25) is 0 Å². The van der Waals surface area contributed by atoms with Crippen molar-refractivity contribution in [3.8, 4) is 0 Å². The first-order valence-electron chi connectivity index (χ1n) is 11.1. The maximum Gasteiger partial charge on any atom is 0.00112 e. The molecule has 2 heteroatoms. The molecular weight excluding hydrogens is 376 g/mol. The molecule has 2 aromatic carbocycles. The lowest BCUT2D eigenvalue weighted by atomic mass is 9.91. The second-order valence-electron chi connectivity index (χ2n) is 8.19. The molecule has 0 nitrogen and oxygen atoms in total. The van der Waals surface area contributed by atoms with Crippen molar-refractivity contribution in [2.45, 2.75) is 78.1 Å². The minimum Gasteiger partial charge on any atom is -0.151 e. The molecule has 0 saturated heterocycles. The van der Waals surface area contributed by atoms with E-state index in [4.69, 9.17) is 0 Å². The van der Waals surface area contributed by atoms with Gasteiger partial charge in [0.25, 0.3) is 0 Å². The molecule has 0 bridgehead atoms. The molecule has 148 valence electrons. The van der Waals surface area contributed by atoms with Gasteiger partial charge in [-0.3, -0.25) is 0 Å². The summed E-state index contributed by atoms with van der Waals surface area (Å²) in [5.74, 6) is 0. The third-order valence-corrected chi connectivity index (χ3v) is 7.59. The molecule has 4 rings (SSSR count). The van der Waals surface area contributed by atoms with E-state index in [1.165, 1.54) is 96.5 Å². The van der Waals surface area contributed by atoms with E-state index in [1.807, 2.05) is 22.7 Å². The molecule has 0 aliphatic heterocycles. The van der Waals surface area contributed by atoms with Gasteiger partial charge in [-0.25, -0.2) is 0 Å². The molecule has 2 heterocycles. The SMILES string of the molecule is CCCCCCc1cc2cc(CCCCCC)c3cscc3c2c2cscc12. The summed E-state index contributed by atoms with van der Waals surface area (Å²) in [7, 11) is 0. The second kappa shape index (κ2) is 9.41. The normalized spacial score (nSPS) is 11.9. The van der Waals surface area contributed by atoms with Gasteiger partial charge in [-0.05, 0) is 79.9 Å². The predicted octanol–water partition coefficient (Wildman–Crippen LogP) is 9.51. The van der Waals surface area contributed by atoms with Crippen molar-refractivity contribution in [2.24, 2.45) is 0 Å². The second-order valence-corrected chi connectivity index (χ2v) is 9.68. The molecule has 0 unspecified atom stereocenters. The number of thiophene rings is 2. The van der Waals surface area contributed by atoms with Gasteiger partial charge in [0, 0.05) is 10.8 Å². The number of benzene rings is 2. The van der Waals surface area contributed by atoms with Crippen LogP contribution in [-0.4, -0.2) is 0 Å². The molecule has 0 amide bonds. The Labute approximate surface area is 177 Å². The summed E-state index contributed by atoms with van der Waals surface area (Å²) in [6.45, 7) is 4.59. The van der Waals surface area contributed by atoms with Gasteiger partial charge in [-0.2, -0.15) is 22.7 Å². The van der Waals surface area contributed by atoms with Gasteiger partial charge >= 0.3 is 0 Å². The van der Waals surface area contributed by atoms with Crippen LogP contribution in [0.4, 0.5) is 0 Å². The van der Waals surface area contributed by atoms with Crippen molar-refractivity contribution in [3.63, 3.8) is 0 Å². The van der Waals surface area contributed by atoms with E-state index in [-0.39, 0.29) is 0 Å². The summed E-state index contributed by atoms with van der Waals surface area (Å²) in [6, 6.07) is 5.03. The number of hydrogen-bond donors (Lipinski definition) is 0. The van der Waals surface area contributed by atoms with E-state index in [9.17, 15) is 0 Å². The monoisotopic (exact) mass is 408 g/mol. The lowest BCUT2D eigenvalue weighted by Gasteiger charge is -2.12. The summed E-state index contributed by atoms with van der Waals surface area (Å²) in [6.07, 6.45) is 13.1. The third kappa shape index (κ3) is 4.00. The maximum atomic E-state index is 2.52. The van der Waals surface area contributed by atoms with Crippen LogP contribution < -0.4 is 0 Å². The van der Waals surface area contributed by atoms with E-state index in [1.54, 1.807) is 11.1 Å². The van der Waals surface area contributed by atoms with Gasteiger partial charge in [0.15, 0.2) is 0 Å². The average Bonchev–Trinajstić information content (AvgIpc) is 3.38. The Kier molecular flexibility index (Phi) is 6.69. The van der Waals surface area contributed by atoms with Gasteiger partial charge in [0.2, 0.25) is 0 Å². The summed E-state index contributed by atoms with van der Waals surface area (Å²) in [5.41, 5.74) is 3.12. The molecule has 0 atom stereocenters. The third-order valence-electron chi connectivity index (χ3n) is 6.10. The van der Waals surface area contributed by atoms with Gasteiger partial charge in [0.05, 0.1) is 0 Å². The number of fused-ring (bicyclic) bond motifs is 5. The minimum absolute atomic E-state index is 1.22. The molecule has 28 heavy (non-hydrogen) atoms. The van der Waals surface area contributed by atoms with Crippen molar-refractivity contribution in [1.29, 1.82) is 0 Å². The fourth-order valence-electron chi connectivity index (χ4n) is 4.55. The van der Waals surface area contributed by atoms with Crippen molar-refractivity contribution >= 4 is 55.0 Å². The van der Waals surface area contributed by atoms with E-state index in [2.05, 4.69) is 47.5 Å². The zero-order valence-electron chi connectivity index (χ0n) is 17.4. The van der Waals surface area contributed by atoms with Crippen molar-refractivity contribution < 1.29 is 0 Å². The topological polar surface area (TPSA) is 0 Å². The zero-order chi connectivity index (χ0) is 19.3. The fraction of sp³-hybridized carbons (Fsp3) is 0.462. The maximum absolute atomic E-state index is 2.52. The first-order chi connectivity index (χ1) is 13.8. The van der Waals surface area contributed by atoms with Gasteiger partial charge in [-0.15, -0.1) is 0 Å². The van der Waals surface area contributed by atoms with E-state index in [0.717, 1.165) is 0 Å². The Morgan fingerprint density at radius 1 is 0.571 bits per heavy atom. The van der Waals surface area contributed by atoms with Crippen LogP contribution in [0.15, 0.2) is 33.7 Å². The predicted molar refractivity (Wildman–Crippen MR) is 130 cm³/mol. The molecule has 2 aromatic heterocycles. The highest BCUT2D eigenvalue weighted by Crippen LogP contribution is 2.39. The molecule has 4 aromatic rings.